The molecule has 9 nitrogen and oxygen atoms in total. The average Bonchev–Trinajstić information content (AvgIpc) is 2.99. The van der Waals surface area contributed by atoms with E-state index < -0.39 is 45.9 Å². The van der Waals surface area contributed by atoms with Crippen LogP contribution in [0.15, 0.2) is 59.7 Å². The van der Waals surface area contributed by atoms with E-state index in [2.05, 4.69) is 19.9 Å². The van der Waals surface area contributed by atoms with Gasteiger partial charge in [-0.15, -0.1) is 0 Å². The highest BCUT2D eigenvalue weighted by Gasteiger charge is 2.47. The first-order valence-corrected chi connectivity index (χ1v) is 16.5. The number of ether oxygens (including phenoxy) is 1. The first-order valence-electron chi connectivity index (χ1n) is 16.5. The number of carbonyl (C=O) groups excluding carboxylic acids is 3. The standard InChI is InChI=1S/C41H40O9/c1-19(2)8-7-9-20(3)10-11-50-24-13-22-14-25-33(39(48)32(22)29(45)17-24)30(46)18-41(5,6)37(25)31-21(4)12-27(43)35-36(31)38(47)26-15-23(42)16-28(44)34(26)40(35)49/h8,10,12-17,37,42-45,48H,7,9,11,18H2,1-6H3/b20-10+. The number of fused-ring (bicyclic) bond motifs is 4. The Labute approximate surface area is 289 Å². The molecule has 6 rings (SSSR count). The molecule has 1 atom stereocenters. The third-order valence-electron chi connectivity index (χ3n) is 9.83. The maximum atomic E-state index is 14.3. The lowest BCUT2D eigenvalue weighted by molar-refractivity contribution is 0.0891. The van der Waals surface area contributed by atoms with Crippen molar-refractivity contribution in [2.24, 2.45) is 5.41 Å². The van der Waals surface area contributed by atoms with E-state index in [-0.39, 0.29) is 57.8 Å². The molecule has 0 radical (unpaired) electrons. The normalized spacial score (nSPS) is 16.6. The summed E-state index contributed by atoms with van der Waals surface area (Å²) in [6.45, 7) is 11.8. The molecule has 0 amide bonds. The number of benzene rings is 4. The number of phenols is 5. The van der Waals surface area contributed by atoms with Gasteiger partial charge < -0.3 is 30.3 Å². The van der Waals surface area contributed by atoms with Gasteiger partial charge in [-0.3, -0.25) is 14.4 Å². The number of aromatic hydroxyl groups is 5. The van der Waals surface area contributed by atoms with Gasteiger partial charge in [-0.2, -0.15) is 0 Å². The Bertz CT molecular complexity index is 2210. The smallest absolute Gasteiger partial charge is 0.201 e. The lowest BCUT2D eigenvalue weighted by atomic mass is 9.60. The number of carbonyl (C=O) groups is 3. The van der Waals surface area contributed by atoms with Crippen LogP contribution in [0.4, 0.5) is 0 Å². The molecule has 2 aliphatic carbocycles. The summed E-state index contributed by atoms with van der Waals surface area (Å²) >= 11 is 0. The van der Waals surface area contributed by atoms with Gasteiger partial charge >= 0.3 is 0 Å². The van der Waals surface area contributed by atoms with E-state index in [0.29, 0.717) is 27.8 Å². The third-order valence-corrected chi connectivity index (χ3v) is 9.83. The van der Waals surface area contributed by atoms with Gasteiger partial charge in [0.15, 0.2) is 11.6 Å². The molecule has 4 aromatic carbocycles. The first-order chi connectivity index (χ1) is 23.5. The zero-order chi connectivity index (χ0) is 36.4. The maximum absolute atomic E-state index is 14.3. The van der Waals surface area contributed by atoms with Crippen molar-refractivity contribution in [3.8, 4) is 34.5 Å². The number of rotatable bonds is 7. The summed E-state index contributed by atoms with van der Waals surface area (Å²) in [5.41, 5.74) is 1.80. The van der Waals surface area contributed by atoms with Crippen LogP contribution in [0.3, 0.4) is 0 Å². The van der Waals surface area contributed by atoms with Crippen molar-refractivity contribution in [3.05, 3.63) is 104 Å². The number of aryl methyl sites for hydroxylation is 1. The fourth-order valence-electron chi connectivity index (χ4n) is 7.58. The van der Waals surface area contributed by atoms with Crippen LogP contribution in [0.1, 0.15) is 119 Å². The molecular weight excluding hydrogens is 636 g/mol. The second-order valence-corrected chi connectivity index (χ2v) is 14.4. The molecule has 0 heterocycles. The predicted octanol–water partition coefficient (Wildman–Crippen LogP) is 8.27. The molecule has 0 saturated carbocycles. The van der Waals surface area contributed by atoms with Crippen molar-refractivity contribution in [2.45, 2.75) is 66.7 Å². The molecule has 0 saturated heterocycles. The molecule has 0 aromatic heterocycles. The predicted molar refractivity (Wildman–Crippen MR) is 189 cm³/mol. The Balaban J connectivity index is 1.52. The van der Waals surface area contributed by atoms with Gasteiger partial charge in [0, 0.05) is 35.6 Å². The largest absolute Gasteiger partial charge is 0.508 e. The van der Waals surface area contributed by atoms with E-state index in [1.54, 1.807) is 19.1 Å². The van der Waals surface area contributed by atoms with Gasteiger partial charge in [-0.25, -0.2) is 0 Å². The van der Waals surface area contributed by atoms with Crippen LogP contribution in [0.2, 0.25) is 0 Å². The fraction of sp³-hybridized carbons (Fsp3) is 0.293. The van der Waals surface area contributed by atoms with E-state index in [4.69, 9.17) is 4.74 Å². The van der Waals surface area contributed by atoms with Crippen LogP contribution < -0.4 is 4.74 Å². The van der Waals surface area contributed by atoms with E-state index in [1.165, 1.54) is 17.7 Å². The van der Waals surface area contributed by atoms with E-state index in [0.717, 1.165) is 30.5 Å². The number of phenolic OH excluding ortho intramolecular Hbond substituents is 5. The fourth-order valence-corrected chi connectivity index (χ4v) is 7.58. The lowest BCUT2D eigenvalue weighted by Gasteiger charge is -2.42. The average molecular weight is 677 g/mol. The molecule has 1 unspecified atom stereocenters. The van der Waals surface area contributed by atoms with Crippen molar-refractivity contribution < 1.29 is 44.7 Å². The molecular formula is C41H40O9. The quantitative estimate of drug-likeness (QED) is 0.107. The molecule has 0 aliphatic heterocycles. The Morgan fingerprint density at radius 2 is 1.52 bits per heavy atom. The lowest BCUT2D eigenvalue weighted by Crippen LogP contribution is -2.35. The third kappa shape index (κ3) is 5.66. The van der Waals surface area contributed by atoms with Crippen molar-refractivity contribution in [3.63, 3.8) is 0 Å². The Morgan fingerprint density at radius 3 is 2.22 bits per heavy atom. The maximum Gasteiger partial charge on any atom is 0.201 e. The first kappa shape index (κ1) is 34.3. The Hall–Kier alpha value is -5.57. The van der Waals surface area contributed by atoms with Gasteiger partial charge in [-0.1, -0.05) is 31.1 Å². The summed E-state index contributed by atoms with van der Waals surface area (Å²) in [6.07, 6.45) is 5.90. The molecule has 5 N–H and O–H groups in total. The molecule has 0 fully saturated rings. The minimum absolute atomic E-state index is 0.00721. The zero-order valence-corrected chi connectivity index (χ0v) is 28.9. The Kier molecular flexibility index (Phi) is 8.50. The summed E-state index contributed by atoms with van der Waals surface area (Å²) in [5, 5.41) is 55.0. The minimum atomic E-state index is -0.867. The Morgan fingerprint density at radius 1 is 0.820 bits per heavy atom. The number of Topliss-reactive ketones (excluding diaryl/α,β-unsaturated/α-hetero) is 1. The minimum Gasteiger partial charge on any atom is -0.508 e. The van der Waals surface area contributed by atoms with Crippen LogP contribution >= 0.6 is 0 Å². The number of hydrogen-bond donors (Lipinski definition) is 5. The SMILES string of the molecule is CC(C)=CCC/C(C)=C/COc1cc(O)c2c(O)c3c(cc2c1)C(c1c(C)cc(O)c2c1C(=O)c1cc(O)cc(O)c1C2=O)C(C)(C)CC3=O. The van der Waals surface area contributed by atoms with Crippen LogP contribution in [0, 0.1) is 12.3 Å². The molecule has 50 heavy (non-hydrogen) atoms. The highest BCUT2D eigenvalue weighted by atomic mass is 16.5. The number of hydrogen-bond acceptors (Lipinski definition) is 9. The van der Waals surface area contributed by atoms with Gasteiger partial charge in [-0.05, 0) is 98.4 Å². The van der Waals surface area contributed by atoms with Gasteiger partial charge in [0.25, 0.3) is 0 Å². The second kappa shape index (κ2) is 12.4. The van der Waals surface area contributed by atoms with Gasteiger partial charge in [0.1, 0.15) is 41.1 Å². The highest BCUT2D eigenvalue weighted by molar-refractivity contribution is 6.31. The van der Waals surface area contributed by atoms with Crippen LogP contribution in [-0.4, -0.2) is 49.5 Å². The summed E-state index contributed by atoms with van der Waals surface area (Å²) < 4.78 is 5.98. The van der Waals surface area contributed by atoms with Crippen LogP contribution in [0.5, 0.6) is 34.5 Å². The van der Waals surface area contributed by atoms with E-state index in [9.17, 15) is 39.9 Å². The van der Waals surface area contributed by atoms with Crippen LogP contribution in [0.25, 0.3) is 10.8 Å². The molecule has 0 bridgehead atoms. The molecule has 2 aliphatic rings. The zero-order valence-electron chi connectivity index (χ0n) is 28.9. The van der Waals surface area contributed by atoms with Crippen molar-refractivity contribution in [1.29, 1.82) is 0 Å². The van der Waals surface area contributed by atoms with Crippen molar-refractivity contribution in [2.75, 3.05) is 6.61 Å². The molecule has 258 valence electrons. The number of allylic oxidation sites excluding steroid dienone is 3. The van der Waals surface area contributed by atoms with Gasteiger partial charge in [0.05, 0.1) is 22.1 Å². The monoisotopic (exact) mass is 676 g/mol. The van der Waals surface area contributed by atoms with E-state index >= 15 is 0 Å². The summed E-state index contributed by atoms with van der Waals surface area (Å²) in [4.78, 5) is 41.8. The molecule has 4 aromatic rings. The van der Waals surface area contributed by atoms with Crippen molar-refractivity contribution >= 4 is 28.1 Å². The molecule has 9 heteroatoms. The summed E-state index contributed by atoms with van der Waals surface area (Å²) in [5.74, 6) is -4.39. The summed E-state index contributed by atoms with van der Waals surface area (Å²) in [7, 11) is 0. The van der Waals surface area contributed by atoms with Gasteiger partial charge in [0.2, 0.25) is 5.78 Å². The molecule has 0 spiro atoms. The van der Waals surface area contributed by atoms with Crippen molar-refractivity contribution in [1.82, 2.24) is 0 Å². The number of ketones is 3. The second-order valence-electron chi connectivity index (χ2n) is 14.4. The van der Waals surface area contributed by atoms with Crippen LogP contribution in [-0.2, 0) is 0 Å². The summed E-state index contributed by atoms with van der Waals surface area (Å²) in [6, 6.07) is 8.19. The topological polar surface area (TPSA) is 162 Å². The van der Waals surface area contributed by atoms with E-state index in [1.807, 2.05) is 26.8 Å². The highest BCUT2D eigenvalue weighted by Crippen LogP contribution is 2.56.